The van der Waals surface area contributed by atoms with E-state index in [1.807, 2.05) is 4.90 Å². The number of anilines is 2. The van der Waals surface area contributed by atoms with Gasteiger partial charge in [0.1, 0.15) is 5.75 Å². The molecule has 164 valence electrons. The number of amides is 2. The van der Waals surface area contributed by atoms with Crippen LogP contribution in [-0.4, -0.2) is 68.6 Å². The van der Waals surface area contributed by atoms with Crippen LogP contribution in [0.25, 0.3) is 0 Å². The summed E-state index contributed by atoms with van der Waals surface area (Å²) in [7, 11) is 3.28. The summed E-state index contributed by atoms with van der Waals surface area (Å²) >= 11 is 0. The van der Waals surface area contributed by atoms with Crippen LogP contribution in [-0.2, 0) is 9.53 Å². The highest BCUT2D eigenvalue weighted by molar-refractivity contribution is 6.08. The number of rotatable bonds is 7. The van der Waals surface area contributed by atoms with E-state index in [-0.39, 0.29) is 23.8 Å². The highest BCUT2D eigenvalue weighted by Gasteiger charge is 2.22. The summed E-state index contributed by atoms with van der Waals surface area (Å²) in [6, 6.07) is 10.8. The summed E-state index contributed by atoms with van der Waals surface area (Å²) in [5.41, 5.74) is 1.17. The van der Waals surface area contributed by atoms with Crippen LogP contribution in [0.15, 0.2) is 42.5 Å². The van der Waals surface area contributed by atoms with Crippen molar-refractivity contribution in [2.45, 2.75) is 0 Å². The molecule has 2 amide bonds. The molecule has 2 aromatic carbocycles. The van der Waals surface area contributed by atoms with Crippen molar-refractivity contribution in [3.05, 3.63) is 58.1 Å². The van der Waals surface area contributed by atoms with Gasteiger partial charge in [0.15, 0.2) is 6.61 Å². The lowest BCUT2D eigenvalue weighted by molar-refractivity contribution is -0.384. The Morgan fingerprint density at radius 3 is 2.45 bits per heavy atom. The first-order chi connectivity index (χ1) is 14.8. The molecule has 31 heavy (non-hydrogen) atoms. The predicted octanol–water partition coefficient (Wildman–Crippen LogP) is 2.15. The molecule has 0 unspecified atom stereocenters. The molecule has 1 heterocycles. The van der Waals surface area contributed by atoms with Crippen molar-refractivity contribution in [3.8, 4) is 5.75 Å². The van der Waals surface area contributed by atoms with Crippen molar-refractivity contribution >= 4 is 28.9 Å². The van der Waals surface area contributed by atoms with Gasteiger partial charge in [0.25, 0.3) is 17.5 Å². The van der Waals surface area contributed by atoms with Crippen molar-refractivity contribution in [3.63, 3.8) is 0 Å². The van der Waals surface area contributed by atoms with Gasteiger partial charge in [-0.15, -0.1) is 0 Å². The Labute approximate surface area is 179 Å². The van der Waals surface area contributed by atoms with Crippen LogP contribution in [0.3, 0.4) is 0 Å². The van der Waals surface area contributed by atoms with E-state index in [1.54, 1.807) is 44.4 Å². The standard InChI is InChI=1S/C21H24N4O6/c1-23(2)20(26)14-31-17-6-3-15(4-7-17)22-21(27)18-13-16(25(28)29)5-8-19(18)24-9-11-30-12-10-24/h3-8,13H,9-12,14H2,1-2H3,(H,22,27). The third-order valence-electron chi connectivity index (χ3n) is 4.76. The number of carbonyl (C=O) groups is 2. The van der Waals surface area contributed by atoms with E-state index in [0.29, 0.717) is 43.4 Å². The molecule has 0 aromatic heterocycles. The minimum absolute atomic E-state index is 0.0880. The number of nitrogens with one attached hydrogen (secondary N) is 1. The topological polar surface area (TPSA) is 114 Å². The second kappa shape index (κ2) is 9.90. The van der Waals surface area contributed by atoms with Crippen molar-refractivity contribution in [2.75, 3.05) is 57.2 Å². The van der Waals surface area contributed by atoms with Crippen molar-refractivity contribution in [2.24, 2.45) is 0 Å². The van der Waals surface area contributed by atoms with Gasteiger partial charge >= 0.3 is 0 Å². The number of likely N-dealkylation sites (N-methyl/N-ethyl adjacent to an activating group) is 1. The maximum absolute atomic E-state index is 13.0. The zero-order valence-electron chi connectivity index (χ0n) is 17.4. The van der Waals surface area contributed by atoms with E-state index in [9.17, 15) is 19.7 Å². The van der Waals surface area contributed by atoms with Crippen LogP contribution in [0.4, 0.5) is 17.1 Å². The van der Waals surface area contributed by atoms with E-state index in [1.165, 1.54) is 17.0 Å². The van der Waals surface area contributed by atoms with Gasteiger partial charge < -0.3 is 24.6 Å². The van der Waals surface area contributed by atoms with Crippen LogP contribution >= 0.6 is 0 Å². The molecule has 0 atom stereocenters. The number of carbonyl (C=O) groups excluding carboxylic acids is 2. The molecule has 1 fully saturated rings. The molecule has 1 aliphatic rings. The number of benzene rings is 2. The number of non-ortho nitro benzene ring substituents is 1. The zero-order valence-corrected chi connectivity index (χ0v) is 17.4. The molecule has 1 saturated heterocycles. The lowest BCUT2D eigenvalue weighted by Gasteiger charge is -2.30. The van der Waals surface area contributed by atoms with E-state index in [2.05, 4.69) is 5.32 Å². The zero-order chi connectivity index (χ0) is 22.4. The quantitative estimate of drug-likeness (QED) is 0.531. The molecule has 0 saturated carbocycles. The number of nitrogens with zero attached hydrogens (tertiary/aromatic N) is 3. The highest BCUT2D eigenvalue weighted by Crippen LogP contribution is 2.27. The maximum Gasteiger partial charge on any atom is 0.270 e. The van der Waals surface area contributed by atoms with Crippen molar-refractivity contribution in [1.82, 2.24) is 4.90 Å². The highest BCUT2D eigenvalue weighted by atomic mass is 16.6. The molecule has 1 aliphatic heterocycles. The summed E-state index contributed by atoms with van der Waals surface area (Å²) in [6.45, 7) is 2.15. The molecule has 0 bridgehead atoms. The molecular formula is C21H24N4O6. The molecule has 3 rings (SSSR count). The second-order valence-corrected chi connectivity index (χ2v) is 7.11. The van der Waals surface area contributed by atoms with Crippen molar-refractivity contribution < 1.29 is 24.0 Å². The Hall–Kier alpha value is -3.66. The van der Waals surface area contributed by atoms with Crippen LogP contribution in [0.1, 0.15) is 10.4 Å². The SMILES string of the molecule is CN(C)C(=O)COc1ccc(NC(=O)c2cc([N+](=O)[O-])ccc2N2CCOCC2)cc1. The van der Waals surface area contributed by atoms with Gasteiger partial charge in [0, 0.05) is 45.0 Å². The predicted molar refractivity (Wildman–Crippen MR) is 115 cm³/mol. The van der Waals surface area contributed by atoms with E-state index in [4.69, 9.17) is 9.47 Å². The largest absolute Gasteiger partial charge is 0.484 e. The fraction of sp³-hybridized carbons (Fsp3) is 0.333. The number of ether oxygens (including phenoxy) is 2. The normalized spacial score (nSPS) is 13.4. The summed E-state index contributed by atoms with van der Waals surface area (Å²) in [6.07, 6.45) is 0. The molecular weight excluding hydrogens is 404 g/mol. The molecule has 0 spiro atoms. The molecule has 1 N–H and O–H groups in total. The first-order valence-electron chi connectivity index (χ1n) is 9.70. The average molecular weight is 428 g/mol. The lowest BCUT2D eigenvalue weighted by Crippen LogP contribution is -2.37. The third-order valence-corrected chi connectivity index (χ3v) is 4.76. The summed E-state index contributed by atoms with van der Waals surface area (Å²) in [5, 5.41) is 14.0. The molecule has 0 radical (unpaired) electrons. The fourth-order valence-corrected chi connectivity index (χ4v) is 3.01. The van der Waals surface area contributed by atoms with Crippen LogP contribution in [0.2, 0.25) is 0 Å². The first kappa shape index (κ1) is 22.0. The molecule has 0 aliphatic carbocycles. The van der Waals surface area contributed by atoms with Crippen LogP contribution in [0.5, 0.6) is 5.75 Å². The fourth-order valence-electron chi connectivity index (χ4n) is 3.01. The lowest BCUT2D eigenvalue weighted by atomic mass is 10.1. The minimum Gasteiger partial charge on any atom is -0.484 e. The smallest absolute Gasteiger partial charge is 0.270 e. The number of nitro groups is 1. The number of morpholine rings is 1. The van der Waals surface area contributed by atoms with Gasteiger partial charge in [-0.1, -0.05) is 0 Å². The monoisotopic (exact) mass is 428 g/mol. The van der Waals surface area contributed by atoms with E-state index in [0.717, 1.165) is 0 Å². The Balaban J connectivity index is 1.75. The Bertz CT molecular complexity index is 955. The first-order valence-corrected chi connectivity index (χ1v) is 9.70. The van der Waals surface area contributed by atoms with Gasteiger partial charge in [0.2, 0.25) is 0 Å². The minimum atomic E-state index is -0.527. The Morgan fingerprint density at radius 2 is 1.84 bits per heavy atom. The number of hydrogen-bond donors (Lipinski definition) is 1. The van der Waals surface area contributed by atoms with Gasteiger partial charge in [-0.3, -0.25) is 19.7 Å². The Kier molecular flexibility index (Phi) is 7.03. The maximum atomic E-state index is 13.0. The molecule has 10 heteroatoms. The van der Waals surface area contributed by atoms with Gasteiger partial charge in [-0.05, 0) is 30.3 Å². The summed E-state index contributed by atoms with van der Waals surface area (Å²) < 4.78 is 10.8. The van der Waals surface area contributed by atoms with Crippen LogP contribution in [0, 0.1) is 10.1 Å². The third kappa shape index (κ3) is 5.70. The van der Waals surface area contributed by atoms with Crippen LogP contribution < -0.4 is 15.0 Å². The average Bonchev–Trinajstić information content (AvgIpc) is 2.78. The van der Waals surface area contributed by atoms with Gasteiger partial charge in [0.05, 0.1) is 29.4 Å². The molecule has 10 nitrogen and oxygen atoms in total. The number of nitro benzene ring substituents is 1. The summed E-state index contributed by atoms with van der Waals surface area (Å²) in [4.78, 5) is 38.6. The van der Waals surface area contributed by atoms with Crippen molar-refractivity contribution in [1.29, 1.82) is 0 Å². The van der Waals surface area contributed by atoms with Gasteiger partial charge in [-0.2, -0.15) is 0 Å². The van der Waals surface area contributed by atoms with Gasteiger partial charge in [-0.25, -0.2) is 0 Å². The molecule has 2 aromatic rings. The van der Waals surface area contributed by atoms with E-state index < -0.39 is 10.8 Å². The number of hydrogen-bond acceptors (Lipinski definition) is 7. The Morgan fingerprint density at radius 1 is 1.16 bits per heavy atom. The van der Waals surface area contributed by atoms with E-state index >= 15 is 0 Å². The summed E-state index contributed by atoms with van der Waals surface area (Å²) in [5.74, 6) is -0.141. The second-order valence-electron chi connectivity index (χ2n) is 7.11.